The fraction of sp³-hybridized carbons (Fsp3) is 0.692. The molecule has 1 aromatic rings. The Bertz CT molecular complexity index is 548. The number of hydrogen-bond acceptors (Lipinski definition) is 4. The SMILES string of the molecule is Cn1c(=O)ccn(CCC2COC(C)(C)OC2)c1=O. The lowest BCUT2D eigenvalue weighted by Gasteiger charge is -2.35. The second-order valence-electron chi connectivity index (χ2n) is 5.37. The van der Waals surface area contributed by atoms with Gasteiger partial charge in [-0.25, -0.2) is 4.79 Å². The van der Waals surface area contributed by atoms with Crippen LogP contribution in [0.2, 0.25) is 0 Å². The van der Waals surface area contributed by atoms with Crippen molar-refractivity contribution in [3.05, 3.63) is 33.1 Å². The van der Waals surface area contributed by atoms with Crippen LogP contribution in [0, 0.1) is 5.92 Å². The minimum absolute atomic E-state index is 0.275. The maximum atomic E-state index is 11.8. The van der Waals surface area contributed by atoms with E-state index in [0.29, 0.717) is 19.8 Å². The molecular formula is C13H20N2O4. The van der Waals surface area contributed by atoms with Crippen molar-refractivity contribution in [3.8, 4) is 0 Å². The van der Waals surface area contributed by atoms with Gasteiger partial charge in [-0.3, -0.25) is 9.36 Å². The van der Waals surface area contributed by atoms with Crippen molar-refractivity contribution in [2.75, 3.05) is 13.2 Å². The third kappa shape index (κ3) is 3.33. The van der Waals surface area contributed by atoms with E-state index in [1.807, 2.05) is 13.8 Å². The van der Waals surface area contributed by atoms with E-state index in [4.69, 9.17) is 9.47 Å². The number of rotatable bonds is 3. The van der Waals surface area contributed by atoms with E-state index in [0.717, 1.165) is 11.0 Å². The molecule has 6 nitrogen and oxygen atoms in total. The maximum Gasteiger partial charge on any atom is 0.330 e. The maximum absolute atomic E-state index is 11.8. The molecule has 6 heteroatoms. The first-order valence-electron chi connectivity index (χ1n) is 6.43. The Morgan fingerprint density at radius 1 is 1.32 bits per heavy atom. The lowest BCUT2D eigenvalue weighted by Crippen LogP contribution is -2.40. The Labute approximate surface area is 111 Å². The fourth-order valence-electron chi connectivity index (χ4n) is 2.00. The smallest absolute Gasteiger partial charge is 0.330 e. The minimum atomic E-state index is -0.510. The van der Waals surface area contributed by atoms with Gasteiger partial charge in [0.25, 0.3) is 5.56 Å². The van der Waals surface area contributed by atoms with Crippen LogP contribution < -0.4 is 11.2 Å². The molecular weight excluding hydrogens is 248 g/mol. The summed E-state index contributed by atoms with van der Waals surface area (Å²) in [6, 6.07) is 1.40. The molecule has 0 radical (unpaired) electrons. The number of ether oxygens (including phenoxy) is 2. The van der Waals surface area contributed by atoms with E-state index in [1.54, 1.807) is 10.8 Å². The monoisotopic (exact) mass is 268 g/mol. The van der Waals surface area contributed by atoms with E-state index in [1.165, 1.54) is 13.1 Å². The molecule has 0 amide bonds. The van der Waals surface area contributed by atoms with Crippen LogP contribution in [0.15, 0.2) is 21.9 Å². The van der Waals surface area contributed by atoms with Crippen molar-refractivity contribution >= 4 is 0 Å². The highest BCUT2D eigenvalue weighted by Crippen LogP contribution is 2.22. The highest BCUT2D eigenvalue weighted by Gasteiger charge is 2.27. The molecule has 0 aromatic carbocycles. The van der Waals surface area contributed by atoms with Gasteiger partial charge in [0.05, 0.1) is 13.2 Å². The molecule has 2 rings (SSSR count). The molecule has 0 saturated carbocycles. The van der Waals surface area contributed by atoms with Crippen LogP contribution in [0.4, 0.5) is 0 Å². The summed E-state index contributed by atoms with van der Waals surface area (Å²) in [6.07, 6.45) is 2.33. The highest BCUT2D eigenvalue weighted by molar-refractivity contribution is 4.85. The molecule has 1 aliphatic heterocycles. The van der Waals surface area contributed by atoms with Crippen LogP contribution in [0.25, 0.3) is 0 Å². The Hall–Kier alpha value is -1.40. The quantitative estimate of drug-likeness (QED) is 0.793. The van der Waals surface area contributed by atoms with Crippen LogP contribution in [-0.4, -0.2) is 28.1 Å². The first-order valence-corrected chi connectivity index (χ1v) is 6.43. The summed E-state index contributed by atoms with van der Waals surface area (Å²) in [5.74, 6) is -0.235. The van der Waals surface area contributed by atoms with Gasteiger partial charge in [-0.15, -0.1) is 0 Å². The van der Waals surface area contributed by atoms with Gasteiger partial charge in [-0.05, 0) is 20.3 Å². The summed E-state index contributed by atoms with van der Waals surface area (Å²) in [5, 5.41) is 0. The molecule has 0 atom stereocenters. The zero-order chi connectivity index (χ0) is 14.0. The van der Waals surface area contributed by atoms with E-state index in [-0.39, 0.29) is 17.2 Å². The number of aromatic nitrogens is 2. The van der Waals surface area contributed by atoms with Gasteiger partial charge in [-0.2, -0.15) is 0 Å². The summed E-state index contributed by atoms with van der Waals surface area (Å²) >= 11 is 0. The van der Waals surface area contributed by atoms with Crippen LogP contribution >= 0.6 is 0 Å². The summed E-state index contributed by atoms with van der Waals surface area (Å²) in [5.41, 5.74) is -0.571. The topological polar surface area (TPSA) is 62.5 Å². The second kappa shape index (κ2) is 5.30. The van der Waals surface area contributed by atoms with Gasteiger partial charge >= 0.3 is 5.69 Å². The van der Waals surface area contributed by atoms with Crippen LogP contribution in [0.1, 0.15) is 20.3 Å². The average Bonchev–Trinajstić information content (AvgIpc) is 2.37. The Morgan fingerprint density at radius 2 is 1.95 bits per heavy atom. The van der Waals surface area contributed by atoms with Crippen molar-refractivity contribution < 1.29 is 9.47 Å². The molecule has 106 valence electrons. The third-order valence-electron chi connectivity index (χ3n) is 3.37. The van der Waals surface area contributed by atoms with Crippen molar-refractivity contribution in [2.45, 2.75) is 32.6 Å². The molecule has 0 aliphatic carbocycles. The summed E-state index contributed by atoms with van der Waals surface area (Å²) in [7, 11) is 1.48. The van der Waals surface area contributed by atoms with Gasteiger partial charge in [0.1, 0.15) is 0 Å². The Morgan fingerprint density at radius 3 is 2.58 bits per heavy atom. The van der Waals surface area contributed by atoms with E-state index in [2.05, 4.69) is 0 Å². The van der Waals surface area contributed by atoms with Crippen molar-refractivity contribution in [2.24, 2.45) is 13.0 Å². The second-order valence-corrected chi connectivity index (χ2v) is 5.37. The zero-order valence-electron chi connectivity index (χ0n) is 11.6. The van der Waals surface area contributed by atoms with E-state index >= 15 is 0 Å². The van der Waals surface area contributed by atoms with Gasteiger partial charge in [-0.1, -0.05) is 0 Å². The van der Waals surface area contributed by atoms with Crippen LogP contribution in [0.3, 0.4) is 0 Å². The van der Waals surface area contributed by atoms with Crippen molar-refractivity contribution in [1.82, 2.24) is 9.13 Å². The van der Waals surface area contributed by atoms with Gasteiger partial charge in [0, 0.05) is 31.8 Å². The van der Waals surface area contributed by atoms with E-state index < -0.39 is 5.79 Å². The zero-order valence-corrected chi connectivity index (χ0v) is 11.6. The average molecular weight is 268 g/mol. The highest BCUT2D eigenvalue weighted by atomic mass is 16.7. The molecule has 0 unspecified atom stereocenters. The molecule has 0 N–H and O–H groups in total. The molecule has 2 heterocycles. The first kappa shape index (κ1) is 14.0. The third-order valence-corrected chi connectivity index (χ3v) is 3.37. The first-order chi connectivity index (χ1) is 8.89. The van der Waals surface area contributed by atoms with Gasteiger partial charge in [0.2, 0.25) is 0 Å². The lowest BCUT2D eigenvalue weighted by molar-refractivity contribution is -0.262. The Kier molecular flexibility index (Phi) is 3.91. The van der Waals surface area contributed by atoms with Gasteiger partial charge in [0.15, 0.2) is 5.79 Å². The molecule has 0 bridgehead atoms. The number of aryl methyl sites for hydroxylation is 1. The molecule has 1 fully saturated rings. The molecule has 1 aliphatic rings. The van der Waals surface area contributed by atoms with Crippen LogP contribution in [0.5, 0.6) is 0 Å². The molecule has 0 spiro atoms. The van der Waals surface area contributed by atoms with Crippen molar-refractivity contribution in [3.63, 3.8) is 0 Å². The molecule has 1 saturated heterocycles. The predicted molar refractivity (Wildman–Crippen MR) is 70.0 cm³/mol. The molecule has 1 aromatic heterocycles. The Balaban J connectivity index is 1.95. The largest absolute Gasteiger partial charge is 0.350 e. The summed E-state index contributed by atoms with van der Waals surface area (Å²) in [6.45, 7) is 5.60. The fourth-order valence-corrected chi connectivity index (χ4v) is 2.00. The van der Waals surface area contributed by atoms with E-state index in [9.17, 15) is 9.59 Å². The minimum Gasteiger partial charge on any atom is -0.350 e. The standard InChI is InChI=1S/C13H20N2O4/c1-13(2)18-8-10(9-19-13)4-6-15-7-5-11(16)14(3)12(15)17/h5,7,10H,4,6,8-9H2,1-3H3. The normalized spacial score (nSPS) is 19.5. The predicted octanol–water partition coefficient (Wildman–Crippen LogP) is 0.336. The number of nitrogens with zero attached hydrogens (tertiary/aromatic N) is 2. The van der Waals surface area contributed by atoms with Crippen molar-refractivity contribution in [1.29, 1.82) is 0 Å². The van der Waals surface area contributed by atoms with Gasteiger partial charge < -0.3 is 14.0 Å². The molecule has 19 heavy (non-hydrogen) atoms. The van der Waals surface area contributed by atoms with Crippen LogP contribution in [-0.2, 0) is 23.1 Å². The summed E-state index contributed by atoms with van der Waals surface area (Å²) in [4.78, 5) is 23.1. The number of hydrogen-bond donors (Lipinski definition) is 0. The summed E-state index contributed by atoms with van der Waals surface area (Å²) < 4.78 is 13.8. The lowest BCUT2D eigenvalue weighted by atomic mass is 10.1.